The fraction of sp³-hybridized carbons (Fsp3) is 0.444. The summed E-state index contributed by atoms with van der Waals surface area (Å²) in [4.78, 5) is 19.1. The van der Waals surface area contributed by atoms with Crippen molar-refractivity contribution in [1.82, 2.24) is 14.5 Å². The summed E-state index contributed by atoms with van der Waals surface area (Å²) in [5, 5.41) is 0. The standard InChI is InChI=1S/C18H20FN3O/c1-21-8-7-20-16(21)15(9-12-3-5-14(19)6-4-12)22(2)17(23)18-10-13(18)11-18/h3-8,13,15H,9-11H2,1-2H3. The maximum Gasteiger partial charge on any atom is 0.229 e. The van der Waals surface area contributed by atoms with Gasteiger partial charge in [-0.2, -0.15) is 0 Å². The molecule has 0 N–H and O–H groups in total. The summed E-state index contributed by atoms with van der Waals surface area (Å²) in [5.41, 5.74) is 0.945. The number of fused-ring (bicyclic) bond motifs is 1. The van der Waals surface area contributed by atoms with Gasteiger partial charge in [-0.3, -0.25) is 4.79 Å². The second-order valence-corrected chi connectivity index (χ2v) is 6.92. The lowest BCUT2D eigenvalue weighted by atomic mass is 10.0. The van der Waals surface area contributed by atoms with Crippen molar-refractivity contribution in [3.05, 3.63) is 53.9 Å². The third kappa shape index (κ3) is 2.35. The van der Waals surface area contributed by atoms with Crippen LogP contribution >= 0.6 is 0 Å². The fourth-order valence-corrected chi connectivity index (χ4v) is 3.49. The van der Waals surface area contributed by atoms with Gasteiger partial charge in [0.2, 0.25) is 5.91 Å². The molecule has 2 aliphatic carbocycles. The summed E-state index contributed by atoms with van der Waals surface area (Å²) < 4.78 is 15.1. The number of hydrogen-bond donors (Lipinski definition) is 0. The number of imidazole rings is 1. The Labute approximate surface area is 134 Å². The molecule has 1 unspecified atom stereocenters. The van der Waals surface area contributed by atoms with Crippen LogP contribution in [-0.4, -0.2) is 27.4 Å². The average Bonchev–Trinajstić information content (AvgIpc) is 3.36. The van der Waals surface area contributed by atoms with Gasteiger partial charge in [-0.15, -0.1) is 0 Å². The van der Waals surface area contributed by atoms with Gasteiger partial charge in [-0.25, -0.2) is 9.37 Å². The van der Waals surface area contributed by atoms with Crippen molar-refractivity contribution < 1.29 is 9.18 Å². The fourth-order valence-electron chi connectivity index (χ4n) is 3.49. The molecular formula is C18H20FN3O. The highest BCUT2D eigenvalue weighted by atomic mass is 19.1. The Hall–Kier alpha value is -2.17. The molecule has 0 bridgehead atoms. The third-order valence-electron chi connectivity index (χ3n) is 5.40. The van der Waals surface area contributed by atoms with Crippen molar-refractivity contribution in [3.63, 3.8) is 0 Å². The predicted molar refractivity (Wildman–Crippen MR) is 84.0 cm³/mol. The summed E-state index contributed by atoms with van der Waals surface area (Å²) in [6, 6.07) is 6.34. The van der Waals surface area contributed by atoms with Crippen LogP contribution in [0.4, 0.5) is 4.39 Å². The topological polar surface area (TPSA) is 38.1 Å². The normalized spacial score (nSPS) is 25.6. The molecule has 2 saturated carbocycles. The third-order valence-corrected chi connectivity index (χ3v) is 5.40. The molecule has 2 aliphatic rings. The van der Waals surface area contributed by atoms with Crippen molar-refractivity contribution in [2.24, 2.45) is 18.4 Å². The number of carbonyl (C=O) groups is 1. The molecule has 0 aliphatic heterocycles. The second-order valence-electron chi connectivity index (χ2n) is 6.92. The minimum absolute atomic E-state index is 0.0546. The number of aryl methyl sites for hydroxylation is 1. The molecule has 120 valence electrons. The Balaban J connectivity index is 1.62. The molecule has 4 rings (SSSR count). The van der Waals surface area contributed by atoms with Gasteiger partial charge in [0.1, 0.15) is 11.6 Å². The molecule has 2 aromatic rings. The van der Waals surface area contributed by atoms with E-state index >= 15 is 0 Å². The van der Waals surface area contributed by atoms with Crippen LogP contribution in [0.5, 0.6) is 0 Å². The number of carbonyl (C=O) groups excluding carboxylic acids is 1. The first-order valence-electron chi connectivity index (χ1n) is 8.00. The lowest BCUT2D eigenvalue weighted by molar-refractivity contribution is -0.135. The summed E-state index contributed by atoms with van der Waals surface area (Å²) >= 11 is 0. The molecule has 0 saturated heterocycles. The van der Waals surface area contributed by atoms with Gasteiger partial charge in [-0.05, 0) is 36.5 Å². The largest absolute Gasteiger partial charge is 0.336 e. The summed E-state index contributed by atoms with van der Waals surface area (Å²) in [6.07, 6.45) is 6.36. The van der Waals surface area contributed by atoms with Crippen LogP contribution in [0.1, 0.15) is 30.3 Å². The molecule has 0 spiro atoms. The van der Waals surface area contributed by atoms with Crippen LogP contribution in [-0.2, 0) is 18.3 Å². The highest BCUT2D eigenvalue weighted by molar-refractivity contribution is 5.90. The molecule has 1 atom stereocenters. The van der Waals surface area contributed by atoms with Crippen molar-refractivity contribution in [2.45, 2.75) is 25.3 Å². The van der Waals surface area contributed by atoms with Crippen LogP contribution in [0.2, 0.25) is 0 Å². The highest BCUT2D eigenvalue weighted by Gasteiger charge is 2.75. The number of hydrogen-bond acceptors (Lipinski definition) is 2. The van der Waals surface area contributed by atoms with E-state index in [-0.39, 0.29) is 23.2 Å². The van der Waals surface area contributed by atoms with Gasteiger partial charge < -0.3 is 9.47 Å². The van der Waals surface area contributed by atoms with E-state index in [9.17, 15) is 9.18 Å². The molecule has 5 heteroatoms. The number of rotatable bonds is 5. The first kappa shape index (κ1) is 14.4. The molecule has 1 aromatic carbocycles. The van der Waals surface area contributed by atoms with E-state index in [0.717, 1.165) is 24.2 Å². The molecule has 2 fully saturated rings. The minimum atomic E-state index is -0.246. The number of amides is 1. The van der Waals surface area contributed by atoms with E-state index in [0.29, 0.717) is 12.3 Å². The quantitative estimate of drug-likeness (QED) is 0.851. The molecule has 23 heavy (non-hydrogen) atoms. The van der Waals surface area contributed by atoms with E-state index in [2.05, 4.69) is 4.98 Å². The number of likely N-dealkylation sites (N-methyl/N-ethyl adjacent to an activating group) is 1. The SMILES string of the molecule is CN(C(=O)C12CC1C2)C(Cc1ccc(F)cc1)c1nccn1C. The Morgan fingerprint density at radius 1 is 1.43 bits per heavy atom. The van der Waals surface area contributed by atoms with Crippen LogP contribution in [0.3, 0.4) is 0 Å². The lowest BCUT2D eigenvalue weighted by Crippen LogP contribution is -2.36. The zero-order chi connectivity index (χ0) is 16.2. The van der Waals surface area contributed by atoms with Gasteiger partial charge in [-0.1, -0.05) is 12.1 Å². The van der Waals surface area contributed by atoms with E-state index < -0.39 is 0 Å². The minimum Gasteiger partial charge on any atom is -0.336 e. The Morgan fingerprint density at radius 3 is 2.61 bits per heavy atom. The van der Waals surface area contributed by atoms with Gasteiger partial charge in [0.15, 0.2) is 0 Å². The van der Waals surface area contributed by atoms with Crippen molar-refractivity contribution in [2.75, 3.05) is 7.05 Å². The van der Waals surface area contributed by atoms with Crippen molar-refractivity contribution >= 4 is 5.91 Å². The van der Waals surface area contributed by atoms with E-state index in [4.69, 9.17) is 0 Å². The van der Waals surface area contributed by atoms with Crippen LogP contribution < -0.4 is 0 Å². The highest BCUT2D eigenvalue weighted by Crippen LogP contribution is 2.76. The van der Waals surface area contributed by atoms with Gasteiger partial charge in [0, 0.05) is 32.9 Å². The summed E-state index contributed by atoms with van der Waals surface area (Å²) in [7, 11) is 3.81. The van der Waals surface area contributed by atoms with Crippen molar-refractivity contribution in [1.29, 1.82) is 0 Å². The maximum atomic E-state index is 13.1. The molecule has 4 nitrogen and oxygen atoms in total. The van der Waals surface area contributed by atoms with Gasteiger partial charge in [0.05, 0.1) is 11.5 Å². The molecule has 1 heterocycles. The number of aromatic nitrogens is 2. The maximum absolute atomic E-state index is 13.1. The van der Waals surface area contributed by atoms with E-state index in [1.54, 1.807) is 18.3 Å². The van der Waals surface area contributed by atoms with Crippen molar-refractivity contribution in [3.8, 4) is 0 Å². The number of benzene rings is 1. The first-order valence-corrected chi connectivity index (χ1v) is 8.00. The monoisotopic (exact) mass is 313 g/mol. The van der Waals surface area contributed by atoms with Crippen LogP contribution in [0.25, 0.3) is 0 Å². The zero-order valence-electron chi connectivity index (χ0n) is 13.4. The number of halogens is 1. The molecular weight excluding hydrogens is 293 g/mol. The second kappa shape index (κ2) is 4.91. The summed E-state index contributed by atoms with van der Waals surface area (Å²) in [6.45, 7) is 0. The average molecular weight is 313 g/mol. The molecule has 1 aromatic heterocycles. The predicted octanol–water partition coefficient (Wildman–Crippen LogP) is 2.71. The van der Waals surface area contributed by atoms with Gasteiger partial charge in [0.25, 0.3) is 0 Å². The zero-order valence-corrected chi connectivity index (χ0v) is 13.4. The smallest absolute Gasteiger partial charge is 0.229 e. The Morgan fingerprint density at radius 2 is 2.09 bits per heavy atom. The number of nitrogens with zero attached hydrogens (tertiary/aromatic N) is 3. The lowest BCUT2D eigenvalue weighted by Gasteiger charge is -2.29. The first-order chi connectivity index (χ1) is 11.0. The summed E-state index contributed by atoms with van der Waals surface area (Å²) in [5.74, 6) is 1.46. The Kier molecular flexibility index (Phi) is 3.08. The Bertz CT molecular complexity index is 746. The molecule has 0 radical (unpaired) electrons. The van der Waals surface area contributed by atoms with Crippen LogP contribution in [0.15, 0.2) is 36.7 Å². The van der Waals surface area contributed by atoms with E-state index in [1.807, 2.05) is 29.8 Å². The molecule has 1 amide bonds. The van der Waals surface area contributed by atoms with E-state index in [1.165, 1.54) is 12.1 Å². The van der Waals surface area contributed by atoms with Crippen LogP contribution in [0, 0.1) is 17.2 Å². The van der Waals surface area contributed by atoms with Gasteiger partial charge >= 0.3 is 0 Å².